The van der Waals surface area contributed by atoms with E-state index >= 15 is 0 Å². The average molecular weight is 318 g/mol. The Morgan fingerprint density at radius 1 is 1.45 bits per heavy atom. The number of benzene rings is 1. The number of carbonyl (C=O) groups is 1. The van der Waals surface area contributed by atoms with Gasteiger partial charge >= 0.3 is 5.97 Å². The van der Waals surface area contributed by atoms with Gasteiger partial charge in [0, 0.05) is 0 Å². The predicted octanol–water partition coefficient (Wildman–Crippen LogP) is 1.73. The molecule has 0 aliphatic rings. The molecule has 2 N–H and O–H groups in total. The van der Waals surface area contributed by atoms with E-state index in [9.17, 15) is 14.3 Å². The first-order chi connectivity index (χ1) is 9.52. The zero-order valence-electron chi connectivity index (χ0n) is 9.95. The summed E-state index contributed by atoms with van der Waals surface area (Å²) in [6, 6.07) is 4.05. The summed E-state index contributed by atoms with van der Waals surface area (Å²) >= 11 is 6.53. The van der Waals surface area contributed by atoms with Crippen LogP contribution >= 0.6 is 23.4 Å². The Balaban J connectivity index is 2.44. The lowest BCUT2D eigenvalue weighted by Gasteiger charge is -2.09. The minimum absolute atomic E-state index is 0.0351. The van der Waals surface area contributed by atoms with Crippen LogP contribution in [0.4, 0.5) is 4.39 Å². The lowest BCUT2D eigenvalue weighted by atomic mass is 10.3. The number of nitrogens with zero attached hydrogens (tertiary/aromatic N) is 3. The van der Waals surface area contributed by atoms with Crippen LogP contribution in [0.25, 0.3) is 5.69 Å². The number of aliphatic hydroxyl groups excluding tert-OH is 1. The van der Waals surface area contributed by atoms with Gasteiger partial charge in [-0.05, 0) is 18.2 Å². The number of aliphatic hydroxyl groups is 1. The third kappa shape index (κ3) is 3.09. The van der Waals surface area contributed by atoms with Gasteiger partial charge in [-0.25, -0.2) is 4.39 Å². The smallest absolute Gasteiger partial charge is 0.313 e. The van der Waals surface area contributed by atoms with Gasteiger partial charge < -0.3 is 10.2 Å². The zero-order chi connectivity index (χ0) is 14.7. The second kappa shape index (κ2) is 6.21. The van der Waals surface area contributed by atoms with E-state index < -0.39 is 18.4 Å². The number of thioether (sulfide) groups is 1. The van der Waals surface area contributed by atoms with Crippen molar-refractivity contribution >= 4 is 29.3 Å². The molecule has 0 aliphatic carbocycles. The molecule has 6 nitrogen and oxygen atoms in total. The molecule has 106 valence electrons. The molecule has 1 aromatic heterocycles. The third-order valence-electron chi connectivity index (χ3n) is 2.33. The van der Waals surface area contributed by atoms with Crippen molar-refractivity contribution in [3.8, 4) is 5.69 Å². The maximum absolute atomic E-state index is 13.5. The van der Waals surface area contributed by atoms with Crippen molar-refractivity contribution < 1.29 is 19.4 Å². The van der Waals surface area contributed by atoms with E-state index in [-0.39, 0.29) is 21.8 Å². The Morgan fingerprint density at radius 3 is 2.80 bits per heavy atom. The number of halogens is 2. The highest BCUT2D eigenvalue weighted by molar-refractivity contribution is 7.99. The SMILES string of the molecule is O=C(O)CSc1nnc(CO)n1-c1ccc(Cl)c(F)c1. The summed E-state index contributed by atoms with van der Waals surface area (Å²) in [6.45, 7) is -0.412. The van der Waals surface area contributed by atoms with E-state index in [1.807, 2.05) is 0 Å². The number of rotatable bonds is 5. The van der Waals surface area contributed by atoms with Gasteiger partial charge in [0.25, 0.3) is 0 Å². The zero-order valence-corrected chi connectivity index (χ0v) is 11.5. The molecule has 0 aliphatic heterocycles. The van der Waals surface area contributed by atoms with E-state index in [2.05, 4.69) is 10.2 Å². The molecule has 0 unspecified atom stereocenters. The number of hydrogen-bond donors (Lipinski definition) is 2. The number of carboxylic acid groups (broad SMARTS) is 1. The monoisotopic (exact) mass is 317 g/mol. The van der Waals surface area contributed by atoms with Crippen molar-refractivity contribution in [2.45, 2.75) is 11.8 Å². The van der Waals surface area contributed by atoms with Gasteiger partial charge in [-0.3, -0.25) is 9.36 Å². The molecule has 0 fully saturated rings. The molecule has 2 aromatic rings. The first kappa shape index (κ1) is 14.8. The van der Waals surface area contributed by atoms with Crippen LogP contribution in [0.3, 0.4) is 0 Å². The summed E-state index contributed by atoms with van der Waals surface area (Å²) in [7, 11) is 0. The molecule has 0 saturated heterocycles. The highest BCUT2D eigenvalue weighted by atomic mass is 35.5. The van der Waals surface area contributed by atoms with Gasteiger partial charge in [0.1, 0.15) is 12.4 Å². The van der Waals surface area contributed by atoms with Gasteiger partial charge in [-0.15, -0.1) is 10.2 Å². The van der Waals surface area contributed by atoms with Crippen molar-refractivity contribution in [2.24, 2.45) is 0 Å². The van der Waals surface area contributed by atoms with Crippen LogP contribution in [-0.4, -0.2) is 36.7 Å². The quantitative estimate of drug-likeness (QED) is 0.816. The molecule has 0 amide bonds. The lowest BCUT2D eigenvalue weighted by molar-refractivity contribution is -0.133. The van der Waals surface area contributed by atoms with Crippen LogP contribution in [0.15, 0.2) is 23.4 Å². The Bertz CT molecular complexity index is 650. The highest BCUT2D eigenvalue weighted by Crippen LogP contribution is 2.24. The minimum Gasteiger partial charge on any atom is -0.481 e. The molecule has 0 atom stereocenters. The Hall–Kier alpha value is -1.64. The molecule has 0 radical (unpaired) electrons. The van der Waals surface area contributed by atoms with E-state index in [4.69, 9.17) is 16.7 Å². The average Bonchev–Trinajstić information content (AvgIpc) is 2.82. The normalized spacial score (nSPS) is 10.8. The number of carboxylic acids is 1. The third-order valence-corrected chi connectivity index (χ3v) is 3.55. The van der Waals surface area contributed by atoms with Gasteiger partial charge in [-0.1, -0.05) is 23.4 Å². The topological polar surface area (TPSA) is 88.2 Å². The summed E-state index contributed by atoms with van der Waals surface area (Å²) in [5, 5.41) is 25.6. The van der Waals surface area contributed by atoms with E-state index in [1.54, 1.807) is 0 Å². The first-order valence-electron chi connectivity index (χ1n) is 5.38. The van der Waals surface area contributed by atoms with Gasteiger partial charge in [0.05, 0.1) is 16.5 Å². The van der Waals surface area contributed by atoms with Crippen molar-refractivity contribution in [1.82, 2.24) is 14.8 Å². The molecule has 1 aromatic carbocycles. The first-order valence-corrected chi connectivity index (χ1v) is 6.74. The summed E-state index contributed by atoms with van der Waals surface area (Å²) in [6.07, 6.45) is 0. The molecule has 0 saturated carbocycles. The molecule has 2 rings (SSSR count). The minimum atomic E-state index is -1.02. The lowest BCUT2D eigenvalue weighted by Crippen LogP contribution is -2.05. The Kier molecular flexibility index (Phi) is 4.58. The number of aromatic nitrogens is 3. The molecular weight excluding hydrogens is 309 g/mol. The van der Waals surface area contributed by atoms with Crippen LogP contribution in [0.5, 0.6) is 0 Å². The Labute approximate surface area is 122 Å². The maximum atomic E-state index is 13.5. The fourth-order valence-corrected chi connectivity index (χ4v) is 2.31. The fourth-order valence-electron chi connectivity index (χ4n) is 1.51. The summed E-state index contributed by atoms with van der Waals surface area (Å²) in [5.74, 6) is -1.69. The van der Waals surface area contributed by atoms with Crippen LogP contribution in [0, 0.1) is 5.82 Å². The van der Waals surface area contributed by atoms with Crippen molar-refractivity contribution in [3.05, 3.63) is 34.9 Å². The van der Waals surface area contributed by atoms with Crippen LogP contribution in [0.2, 0.25) is 5.02 Å². The second-order valence-electron chi connectivity index (χ2n) is 3.67. The molecule has 9 heteroatoms. The van der Waals surface area contributed by atoms with E-state index in [0.29, 0.717) is 5.69 Å². The van der Waals surface area contributed by atoms with Crippen LogP contribution in [0.1, 0.15) is 5.82 Å². The van der Waals surface area contributed by atoms with Gasteiger partial charge in [-0.2, -0.15) is 0 Å². The summed E-state index contributed by atoms with van der Waals surface area (Å²) in [5.41, 5.74) is 0.355. The largest absolute Gasteiger partial charge is 0.481 e. The molecule has 0 bridgehead atoms. The van der Waals surface area contributed by atoms with Crippen LogP contribution < -0.4 is 0 Å². The fraction of sp³-hybridized carbons (Fsp3) is 0.182. The van der Waals surface area contributed by atoms with Gasteiger partial charge in [0.15, 0.2) is 11.0 Å². The van der Waals surface area contributed by atoms with Crippen molar-refractivity contribution in [1.29, 1.82) is 0 Å². The van der Waals surface area contributed by atoms with Crippen molar-refractivity contribution in [3.63, 3.8) is 0 Å². The maximum Gasteiger partial charge on any atom is 0.313 e. The van der Waals surface area contributed by atoms with Gasteiger partial charge in [0.2, 0.25) is 0 Å². The van der Waals surface area contributed by atoms with E-state index in [0.717, 1.165) is 17.8 Å². The predicted molar refractivity (Wildman–Crippen MR) is 70.6 cm³/mol. The molecular formula is C11H9ClFN3O3S. The van der Waals surface area contributed by atoms with E-state index in [1.165, 1.54) is 16.7 Å². The van der Waals surface area contributed by atoms with Crippen molar-refractivity contribution in [2.75, 3.05) is 5.75 Å². The standard InChI is InChI=1S/C11H9ClFN3O3S/c12-7-2-1-6(3-8(7)13)16-9(4-17)14-15-11(16)20-5-10(18)19/h1-3,17H,4-5H2,(H,18,19). The Morgan fingerprint density at radius 2 is 2.20 bits per heavy atom. The number of hydrogen-bond acceptors (Lipinski definition) is 5. The molecule has 1 heterocycles. The molecule has 0 spiro atoms. The van der Waals surface area contributed by atoms with Crippen LogP contribution in [-0.2, 0) is 11.4 Å². The molecule has 20 heavy (non-hydrogen) atoms. The number of aliphatic carboxylic acids is 1. The summed E-state index contributed by atoms with van der Waals surface area (Å²) < 4.78 is 14.9. The summed E-state index contributed by atoms with van der Waals surface area (Å²) in [4.78, 5) is 10.6. The second-order valence-corrected chi connectivity index (χ2v) is 5.02. The highest BCUT2D eigenvalue weighted by Gasteiger charge is 2.16.